The summed E-state index contributed by atoms with van der Waals surface area (Å²) in [6, 6.07) is 0.0443. The first-order valence-corrected chi connectivity index (χ1v) is 7.60. The normalized spacial score (nSPS) is 40.1. The van der Waals surface area contributed by atoms with E-state index in [0.717, 1.165) is 37.3 Å². The zero-order valence-electron chi connectivity index (χ0n) is 11.4. The van der Waals surface area contributed by atoms with Crippen LogP contribution in [-0.2, 0) is 9.53 Å². The van der Waals surface area contributed by atoms with E-state index in [1.165, 1.54) is 45.6 Å². The minimum atomic E-state index is -0.0159. The molecule has 0 N–H and O–H groups in total. The van der Waals surface area contributed by atoms with Gasteiger partial charge in [0.25, 0.3) is 0 Å². The second kappa shape index (κ2) is 5.20. The van der Waals surface area contributed by atoms with Gasteiger partial charge in [0.15, 0.2) is 0 Å². The summed E-state index contributed by atoms with van der Waals surface area (Å²) in [6.45, 7) is 2.23. The molecule has 0 amide bonds. The Morgan fingerprint density at radius 3 is 2.78 bits per heavy atom. The van der Waals surface area contributed by atoms with Gasteiger partial charge in [-0.15, -0.1) is 0 Å². The average Bonchev–Trinajstić information content (AvgIpc) is 3.01. The number of fused-ring (bicyclic) bond motifs is 2. The molecule has 0 aromatic carbocycles. The van der Waals surface area contributed by atoms with E-state index in [0.29, 0.717) is 0 Å². The number of ether oxygens (including phenoxy) is 1. The van der Waals surface area contributed by atoms with E-state index in [2.05, 4.69) is 4.90 Å². The van der Waals surface area contributed by atoms with Gasteiger partial charge in [0.05, 0.1) is 7.11 Å². The average molecular weight is 251 g/mol. The van der Waals surface area contributed by atoms with Crippen molar-refractivity contribution in [3.05, 3.63) is 0 Å². The van der Waals surface area contributed by atoms with E-state index in [1.807, 2.05) is 0 Å². The Bertz CT molecular complexity index is 318. The van der Waals surface area contributed by atoms with Gasteiger partial charge in [0, 0.05) is 6.54 Å². The van der Waals surface area contributed by atoms with Crippen LogP contribution in [0, 0.1) is 17.8 Å². The lowest BCUT2D eigenvalue weighted by atomic mass is 9.87. The van der Waals surface area contributed by atoms with Crippen LogP contribution in [0.5, 0.6) is 0 Å². The van der Waals surface area contributed by atoms with Crippen molar-refractivity contribution in [2.75, 3.05) is 20.2 Å². The van der Waals surface area contributed by atoms with Crippen molar-refractivity contribution in [3.8, 4) is 0 Å². The van der Waals surface area contributed by atoms with Gasteiger partial charge in [-0.2, -0.15) is 0 Å². The second-order valence-corrected chi connectivity index (χ2v) is 6.46. The number of likely N-dealkylation sites (tertiary alicyclic amines) is 1. The molecule has 2 saturated carbocycles. The summed E-state index contributed by atoms with van der Waals surface area (Å²) in [4.78, 5) is 14.3. The minimum absolute atomic E-state index is 0.0159. The summed E-state index contributed by atoms with van der Waals surface area (Å²) < 4.78 is 4.97. The number of carbonyl (C=O) groups excluding carboxylic acids is 1. The van der Waals surface area contributed by atoms with Crippen LogP contribution in [0.3, 0.4) is 0 Å². The largest absolute Gasteiger partial charge is 0.468 e. The summed E-state index contributed by atoms with van der Waals surface area (Å²) in [7, 11) is 1.52. The predicted molar refractivity (Wildman–Crippen MR) is 70.2 cm³/mol. The maximum absolute atomic E-state index is 11.8. The van der Waals surface area contributed by atoms with Crippen LogP contribution in [0.4, 0.5) is 0 Å². The molecule has 3 nitrogen and oxygen atoms in total. The van der Waals surface area contributed by atoms with Gasteiger partial charge in [0.1, 0.15) is 6.04 Å². The highest BCUT2D eigenvalue weighted by Crippen LogP contribution is 2.48. The molecule has 2 aliphatic carbocycles. The van der Waals surface area contributed by atoms with Crippen molar-refractivity contribution in [1.29, 1.82) is 0 Å². The highest BCUT2D eigenvalue weighted by molar-refractivity contribution is 5.75. The molecule has 0 radical (unpaired) electrons. The van der Waals surface area contributed by atoms with Crippen molar-refractivity contribution in [2.24, 2.45) is 17.8 Å². The van der Waals surface area contributed by atoms with E-state index in [4.69, 9.17) is 4.74 Å². The van der Waals surface area contributed by atoms with Crippen molar-refractivity contribution in [1.82, 2.24) is 4.90 Å². The van der Waals surface area contributed by atoms with Crippen molar-refractivity contribution >= 4 is 5.97 Å². The van der Waals surface area contributed by atoms with Gasteiger partial charge in [-0.25, -0.2) is 0 Å². The molecule has 1 saturated heterocycles. The number of piperidine rings is 1. The summed E-state index contributed by atoms with van der Waals surface area (Å²) >= 11 is 0. The Balaban J connectivity index is 1.61. The first-order chi connectivity index (χ1) is 8.78. The highest BCUT2D eigenvalue weighted by atomic mass is 16.5. The van der Waals surface area contributed by atoms with E-state index in [-0.39, 0.29) is 12.0 Å². The van der Waals surface area contributed by atoms with Gasteiger partial charge < -0.3 is 4.74 Å². The standard InChI is InChI=1S/C15H25NO2/c1-18-15(17)14-4-2-3-7-16(14)10-13-9-11-5-6-12(13)8-11/h11-14H,2-10H2,1H3. The summed E-state index contributed by atoms with van der Waals surface area (Å²) in [5, 5.41) is 0. The Labute approximate surface area is 110 Å². The van der Waals surface area contributed by atoms with Crippen LogP contribution in [0.15, 0.2) is 0 Å². The number of methoxy groups -OCH3 is 1. The molecule has 3 rings (SSSR count). The van der Waals surface area contributed by atoms with Crippen molar-refractivity contribution in [3.63, 3.8) is 0 Å². The topological polar surface area (TPSA) is 29.5 Å². The number of nitrogens with zero attached hydrogens (tertiary/aromatic N) is 1. The number of esters is 1. The Morgan fingerprint density at radius 2 is 2.11 bits per heavy atom. The molecule has 3 fully saturated rings. The molecule has 4 unspecified atom stereocenters. The molecular weight excluding hydrogens is 226 g/mol. The third-order valence-electron chi connectivity index (χ3n) is 5.44. The van der Waals surface area contributed by atoms with Crippen LogP contribution in [0.1, 0.15) is 44.9 Å². The van der Waals surface area contributed by atoms with Crippen LogP contribution in [0.2, 0.25) is 0 Å². The van der Waals surface area contributed by atoms with E-state index >= 15 is 0 Å². The lowest BCUT2D eigenvalue weighted by molar-refractivity contribution is -0.148. The molecule has 0 aromatic rings. The fourth-order valence-electron chi connectivity index (χ4n) is 4.51. The first kappa shape index (κ1) is 12.5. The summed E-state index contributed by atoms with van der Waals surface area (Å²) in [5.41, 5.74) is 0. The Kier molecular flexibility index (Phi) is 3.60. The van der Waals surface area contributed by atoms with Crippen LogP contribution in [-0.4, -0.2) is 37.1 Å². The first-order valence-electron chi connectivity index (χ1n) is 7.60. The van der Waals surface area contributed by atoms with Crippen molar-refractivity contribution < 1.29 is 9.53 Å². The quantitative estimate of drug-likeness (QED) is 0.722. The molecule has 3 heteroatoms. The number of hydrogen-bond donors (Lipinski definition) is 0. The minimum Gasteiger partial charge on any atom is -0.468 e. The summed E-state index contributed by atoms with van der Waals surface area (Å²) in [6.07, 6.45) is 9.18. The lowest BCUT2D eigenvalue weighted by Crippen LogP contribution is -2.47. The molecule has 4 atom stereocenters. The number of hydrogen-bond acceptors (Lipinski definition) is 3. The molecule has 18 heavy (non-hydrogen) atoms. The highest BCUT2D eigenvalue weighted by Gasteiger charge is 2.41. The second-order valence-electron chi connectivity index (χ2n) is 6.46. The fourth-order valence-corrected chi connectivity index (χ4v) is 4.51. The van der Waals surface area contributed by atoms with Crippen LogP contribution in [0.25, 0.3) is 0 Å². The molecular formula is C15H25NO2. The van der Waals surface area contributed by atoms with E-state index < -0.39 is 0 Å². The smallest absolute Gasteiger partial charge is 0.323 e. The van der Waals surface area contributed by atoms with Crippen LogP contribution < -0.4 is 0 Å². The van der Waals surface area contributed by atoms with Gasteiger partial charge in [-0.05, 0) is 56.4 Å². The predicted octanol–water partition coefficient (Wildman–Crippen LogP) is 2.45. The van der Waals surface area contributed by atoms with Gasteiger partial charge in [-0.1, -0.05) is 12.8 Å². The number of rotatable bonds is 3. The molecule has 0 spiro atoms. The SMILES string of the molecule is COC(=O)C1CCCCN1CC1CC2CCC1C2. The number of carbonyl (C=O) groups is 1. The summed E-state index contributed by atoms with van der Waals surface area (Å²) in [5.74, 6) is 2.79. The Morgan fingerprint density at radius 1 is 1.22 bits per heavy atom. The van der Waals surface area contributed by atoms with Gasteiger partial charge in [0.2, 0.25) is 0 Å². The van der Waals surface area contributed by atoms with Crippen LogP contribution >= 0.6 is 0 Å². The van der Waals surface area contributed by atoms with Crippen molar-refractivity contribution in [2.45, 2.75) is 51.0 Å². The van der Waals surface area contributed by atoms with E-state index in [1.54, 1.807) is 0 Å². The fraction of sp³-hybridized carbons (Fsp3) is 0.933. The Hall–Kier alpha value is -0.570. The third kappa shape index (κ3) is 2.29. The molecule has 3 aliphatic rings. The zero-order valence-corrected chi connectivity index (χ0v) is 11.4. The zero-order chi connectivity index (χ0) is 12.5. The lowest BCUT2D eigenvalue weighted by Gasteiger charge is -2.37. The maximum Gasteiger partial charge on any atom is 0.323 e. The third-order valence-corrected chi connectivity index (χ3v) is 5.44. The molecule has 1 heterocycles. The monoisotopic (exact) mass is 251 g/mol. The van der Waals surface area contributed by atoms with E-state index in [9.17, 15) is 4.79 Å². The molecule has 1 aliphatic heterocycles. The van der Waals surface area contributed by atoms with Gasteiger partial charge in [-0.3, -0.25) is 9.69 Å². The van der Waals surface area contributed by atoms with Gasteiger partial charge >= 0.3 is 5.97 Å². The molecule has 0 aromatic heterocycles. The molecule has 102 valence electrons. The maximum atomic E-state index is 11.8. The molecule has 2 bridgehead atoms.